The molecule has 0 aliphatic carbocycles. The van der Waals surface area contributed by atoms with Gasteiger partial charge in [0.1, 0.15) is 5.82 Å². The van der Waals surface area contributed by atoms with Crippen molar-refractivity contribution in [3.8, 4) is 0 Å². The number of likely N-dealkylation sites (N-methyl/N-ethyl adjacent to an activating group) is 1. The first-order valence-corrected chi connectivity index (χ1v) is 4.56. The van der Waals surface area contributed by atoms with Crippen LogP contribution < -0.4 is 5.32 Å². The molecule has 0 fully saturated rings. The second kappa shape index (κ2) is 4.38. The van der Waals surface area contributed by atoms with Gasteiger partial charge in [-0.15, -0.1) is 0 Å². The normalized spacial score (nSPS) is 10.5. The predicted octanol–water partition coefficient (Wildman–Crippen LogP) is 2.20. The van der Waals surface area contributed by atoms with E-state index in [1.54, 1.807) is 6.07 Å². The molecule has 1 aromatic carbocycles. The molecule has 0 unspecified atom stereocenters. The maximum atomic E-state index is 13.3. The molecule has 0 aromatic heterocycles. The monoisotopic (exact) mass is 181 g/mol. The molecule has 1 nitrogen and oxygen atoms in total. The summed E-state index contributed by atoms with van der Waals surface area (Å²) in [6.07, 6.45) is 0.760. The van der Waals surface area contributed by atoms with Crippen LogP contribution in [0, 0.1) is 19.7 Å². The van der Waals surface area contributed by atoms with Gasteiger partial charge in [0, 0.05) is 0 Å². The number of hydrogen-bond acceptors (Lipinski definition) is 1. The van der Waals surface area contributed by atoms with Gasteiger partial charge in [0.05, 0.1) is 0 Å². The zero-order chi connectivity index (χ0) is 9.84. The van der Waals surface area contributed by atoms with E-state index in [0.717, 1.165) is 29.7 Å². The zero-order valence-corrected chi connectivity index (χ0v) is 8.45. The summed E-state index contributed by atoms with van der Waals surface area (Å²) in [5, 5.41) is 3.02. The van der Waals surface area contributed by atoms with Gasteiger partial charge in [-0.05, 0) is 56.6 Å². The molecule has 0 saturated carbocycles. The van der Waals surface area contributed by atoms with E-state index in [2.05, 4.69) is 5.32 Å². The van der Waals surface area contributed by atoms with Crippen molar-refractivity contribution in [3.63, 3.8) is 0 Å². The number of aryl methyl sites for hydroxylation is 1. The van der Waals surface area contributed by atoms with Gasteiger partial charge < -0.3 is 5.32 Å². The third-order valence-corrected chi connectivity index (χ3v) is 2.44. The van der Waals surface area contributed by atoms with Gasteiger partial charge in [-0.1, -0.05) is 6.07 Å². The largest absolute Gasteiger partial charge is 0.319 e. The Bertz CT molecular complexity index is 294. The highest BCUT2D eigenvalue weighted by atomic mass is 19.1. The first-order chi connectivity index (χ1) is 6.16. The van der Waals surface area contributed by atoms with Gasteiger partial charge in [-0.2, -0.15) is 0 Å². The van der Waals surface area contributed by atoms with Gasteiger partial charge in [0.2, 0.25) is 0 Å². The van der Waals surface area contributed by atoms with E-state index in [1.165, 1.54) is 0 Å². The van der Waals surface area contributed by atoms with E-state index < -0.39 is 0 Å². The van der Waals surface area contributed by atoms with Crippen LogP contribution in [0.5, 0.6) is 0 Å². The fourth-order valence-corrected chi connectivity index (χ4v) is 1.40. The van der Waals surface area contributed by atoms with Crippen LogP contribution in [0.15, 0.2) is 12.1 Å². The molecule has 0 bridgehead atoms. The Kier molecular flexibility index (Phi) is 3.43. The Morgan fingerprint density at radius 3 is 2.62 bits per heavy atom. The van der Waals surface area contributed by atoms with Crippen molar-refractivity contribution in [3.05, 3.63) is 34.6 Å². The molecule has 0 aliphatic rings. The van der Waals surface area contributed by atoms with Crippen molar-refractivity contribution in [1.29, 1.82) is 0 Å². The van der Waals surface area contributed by atoms with E-state index in [9.17, 15) is 4.39 Å². The third-order valence-electron chi connectivity index (χ3n) is 2.44. The van der Waals surface area contributed by atoms with Crippen LogP contribution in [-0.4, -0.2) is 13.6 Å². The van der Waals surface area contributed by atoms with Gasteiger partial charge in [0.15, 0.2) is 0 Å². The van der Waals surface area contributed by atoms with Crippen molar-refractivity contribution in [1.82, 2.24) is 5.32 Å². The lowest BCUT2D eigenvalue weighted by atomic mass is 10.0. The zero-order valence-electron chi connectivity index (χ0n) is 8.45. The van der Waals surface area contributed by atoms with Crippen LogP contribution in [0.25, 0.3) is 0 Å². The summed E-state index contributed by atoms with van der Waals surface area (Å²) in [5.41, 5.74) is 3.08. The highest BCUT2D eigenvalue weighted by Crippen LogP contribution is 2.16. The lowest BCUT2D eigenvalue weighted by molar-refractivity contribution is 0.602. The van der Waals surface area contributed by atoms with Gasteiger partial charge in [0.25, 0.3) is 0 Å². The molecule has 0 radical (unpaired) electrons. The number of rotatable bonds is 3. The predicted molar refractivity (Wildman–Crippen MR) is 53.5 cm³/mol. The summed E-state index contributed by atoms with van der Waals surface area (Å²) in [5.74, 6) is -0.0849. The van der Waals surface area contributed by atoms with E-state index in [4.69, 9.17) is 0 Å². The molecule has 0 saturated heterocycles. The van der Waals surface area contributed by atoms with Crippen LogP contribution in [0.4, 0.5) is 4.39 Å². The van der Waals surface area contributed by atoms with Gasteiger partial charge in [-0.3, -0.25) is 0 Å². The minimum atomic E-state index is -0.0849. The SMILES string of the molecule is CNCCc1c(F)ccc(C)c1C. The number of benzene rings is 1. The molecule has 0 spiro atoms. The average Bonchev–Trinajstić information content (AvgIpc) is 2.12. The topological polar surface area (TPSA) is 12.0 Å². The maximum Gasteiger partial charge on any atom is 0.126 e. The standard InChI is InChI=1S/C11H16FN/c1-8-4-5-11(12)10(9(8)2)6-7-13-3/h4-5,13H,6-7H2,1-3H3. The Morgan fingerprint density at radius 1 is 1.31 bits per heavy atom. The molecular weight excluding hydrogens is 165 g/mol. The average molecular weight is 181 g/mol. The van der Waals surface area contributed by atoms with Gasteiger partial charge >= 0.3 is 0 Å². The number of nitrogens with one attached hydrogen (secondary N) is 1. The van der Waals surface area contributed by atoms with Crippen LogP contribution in [0.1, 0.15) is 16.7 Å². The summed E-state index contributed by atoms with van der Waals surface area (Å²) >= 11 is 0. The molecule has 1 aromatic rings. The van der Waals surface area contributed by atoms with Crippen molar-refractivity contribution in [2.75, 3.05) is 13.6 Å². The Morgan fingerprint density at radius 2 is 2.00 bits per heavy atom. The van der Waals surface area contributed by atoms with Crippen LogP contribution >= 0.6 is 0 Å². The summed E-state index contributed by atoms with van der Waals surface area (Å²) in [6.45, 7) is 4.81. The van der Waals surface area contributed by atoms with Crippen LogP contribution in [0.2, 0.25) is 0 Å². The Balaban J connectivity index is 2.96. The summed E-state index contributed by atoms with van der Waals surface area (Å²) in [6, 6.07) is 3.38. The van der Waals surface area contributed by atoms with E-state index >= 15 is 0 Å². The highest BCUT2D eigenvalue weighted by Gasteiger charge is 2.06. The summed E-state index contributed by atoms with van der Waals surface area (Å²) in [4.78, 5) is 0. The van der Waals surface area contributed by atoms with E-state index in [0.29, 0.717) is 0 Å². The van der Waals surface area contributed by atoms with Gasteiger partial charge in [-0.25, -0.2) is 4.39 Å². The van der Waals surface area contributed by atoms with Crippen LogP contribution in [0.3, 0.4) is 0 Å². The molecule has 0 atom stereocenters. The molecule has 2 heteroatoms. The van der Waals surface area contributed by atoms with Crippen LogP contribution in [-0.2, 0) is 6.42 Å². The molecule has 13 heavy (non-hydrogen) atoms. The van der Waals surface area contributed by atoms with Crippen molar-refractivity contribution >= 4 is 0 Å². The third kappa shape index (κ3) is 2.28. The van der Waals surface area contributed by atoms with Crippen molar-refractivity contribution < 1.29 is 4.39 Å². The molecule has 1 N–H and O–H groups in total. The van der Waals surface area contributed by atoms with Crippen molar-refractivity contribution in [2.45, 2.75) is 20.3 Å². The molecule has 0 amide bonds. The second-order valence-electron chi connectivity index (χ2n) is 3.32. The molecule has 0 aliphatic heterocycles. The van der Waals surface area contributed by atoms with E-state index in [-0.39, 0.29) is 5.82 Å². The first-order valence-electron chi connectivity index (χ1n) is 4.56. The molecule has 1 rings (SSSR count). The fraction of sp³-hybridized carbons (Fsp3) is 0.455. The molecule has 72 valence electrons. The fourth-order valence-electron chi connectivity index (χ4n) is 1.40. The lowest BCUT2D eigenvalue weighted by Gasteiger charge is -2.09. The highest BCUT2D eigenvalue weighted by molar-refractivity contribution is 5.34. The Hall–Kier alpha value is -0.890. The maximum absolute atomic E-state index is 13.3. The molecular formula is C11H16FN. The first kappa shape index (κ1) is 10.2. The van der Waals surface area contributed by atoms with Crippen molar-refractivity contribution in [2.24, 2.45) is 0 Å². The summed E-state index contributed by atoms with van der Waals surface area (Å²) < 4.78 is 13.3. The number of hydrogen-bond donors (Lipinski definition) is 1. The van der Waals surface area contributed by atoms with E-state index in [1.807, 2.05) is 27.0 Å². The minimum Gasteiger partial charge on any atom is -0.319 e. The quantitative estimate of drug-likeness (QED) is 0.753. The smallest absolute Gasteiger partial charge is 0.126 e. The summed E-state index contributed by atoms with van der Waals surface area (Å²) in [7, 11) is 1.88. The second-order valence-corrected chi connectivity index (χ2v) is 3.32. The Labute approximate surface area is 79.0 Å². The lowest BCUT2D eigenvalue weighted by Crippen LogP contribution is -2.12. The number of halogens is 1. The minimum absolute atomic E-state index is 0.0849. The molecule has 0 heterocycles.